The van der Waals surface area contributed by atoms with Gasteiger partial charge in [0.05, 0.1) is 12.3 Å². The number of rotatable bonds is 5. The Bertz CT molecular complexity index is 863. The molecule has 0 bridgehead atoms. The van der Waals surface area contributed by atoms with Gasteiger partial charge in [-0.3, -0.25) is 9.78 Å². The van der Waals surface area contributed by atoms with Crippen LogP contribution in [0.15, 0.2) is 54.7 Å². The molecule has 4 nitrogen and oxygen atoms in total. The lowest BCUT2D eigenvalue weighted by Crippen LogP contribution is -2.12. The van der Waals surface area contributed by atoms with Crippen LogP contribution >= 0.6 is 11.6 Å². The maximum Gasteiger partial charge on any atom is 0.255 e. The molecule has 1 amide bonds. The molecule has 1 heterocycles. The molecule has 0 saturated carbocycles. The van der Waals surface area contributed by atoms with Crippen molar-refractivity contribution in [1.29, 1.82) is 0 Å². The van der Waals surface area contributed by atoms with Crippen molar-refractivity contribution in [1.82, 2.24) is 4.98 Å². The first-order valence-electron chi connectivity index (χ1n) is 7.76. The fourth-order valence-electron chi connectivity index (χ4n) is 2.38. The Balaban J connectivity index is 1.92. The van der Waals surface area contributed by atoms with E-state index in [0.717, 1.165) is 23.1 Å². The van der Waals surface area contributed by atoms with Crippen LogP contribution in [0.5, 0.6) is 5.75 Å². The van der Waals surface area contributed by atoms with Crippen molar-refractivity contribution in [2.45, 2.75) is 13.3 Å². The number of fused-ring (bicyclic) bond motifs is 1. The van der Waals surface area contributed by atoms with E-state index in [2.05, 4.69) is 17.2 Å². The summed E-state index contributed by atoms with van der Waals surface area (Å²) in [4.78, 5) is 16.8. The molecule has 1 N–H and O–H groups in total. The summed E-state index contributed by atoms with van der Waals surface area (Å²) in [6, 6.07) is 14.2. The van der Waals surface area contributed by atoms with Gasteiger partial charge in [-0.2, -0.15) is 0 Å². The number of aromatic nitrogens is 1. The smallest absolute Gasteiger partial charge is 0.255 e. The number of carbonyl (C=O) groups is 1. The van der Waals surface area contributed by atoms with Crippen molar-refractivity contribution in [3.8, 4) is 5.75 Å². The summed E-state index contributed by atoms with van der Waals surface area (Å²) < 4.78 is 5.74. The Labute approximate surface area is 145 Å². The molecule has 0 aliphatic heterocycles. The largest absolute Gasteiger partial charge is 0.491 e. The second kappa shape index (κ2) is 7.32. The highest BCUT2D eigenvalue weighted by Gasteiger charge is 2.11. The predicted octanol–water partition coefficient (Wildman–Crippen LogP) is 4.93. The number of amides is 1. The third-order valence-electron chi connectivity index (χ3n) is 3.55. The first kappa shape index (κ1) is 16.3. The van der Waals surface area contributed by atoms with E-state index in [9.17, 15) is 4.79 Å². The Morgan fingerprint density at radius 1 is 1.17 bits per heavy atom. The molecule has 5 heteroatoms. The highest BCUT2D eigenvalue weighted by Crippen LogP contribution is 2.30. The minimum absolute atomic E-state index is 0.195. The van der Waals surface area contributed by atoms with E-state index in [0.29, 0.717) is 22.9 Å². The van der Waals surface area contributed by atoms with Crippen molar-refractivity contribution >= 4 is 34.1 Å². The van der Waals surface area contributed by atoms with E-state index in [-0.39, 0.29) is 5.91 Å². The first-order valence-corrected chi connectivity index (χ1v) is 8.14. The summed E-state index contributed by atoms with van der Waals surface area (Å²) in [7, 11) is 0. The Morgan fingerprint density at radius 3 is 2.71 bits per heavy atom. The van der Waals surface area contributed by atoms with Gasteiger partial charge in [0.25, 0.3) is 5.91 Å². The molecule has 0 unspecified atom stereocenters. The summed E-state index contributed by atoms with van der Waals surface area (Å²) in [6.45, 7) is 2.68. The molecule has 122 valence electrons. The van der Waals surface area contributed by atoms with Gasteiger partial charge < -0.3 is 10.1 Å². The molecule has 0 atom stereocenters. The highest BCUT2D eigenvalue weighted by molar-refractivity contribution is 6.30. The van der Waals surface area contributed by atoms with Crippen molar-refractivity contribution in [2.75, 3.05) is 11.9 Å². The summed E-state index contributed by atoms with van der Waals surface area (Å²) in [5.41, 5.74) is 1.98. The number of ether oxygens (including phenoxy) is 1. The minimum Gasteiger partial charge on any atom is -0.491 e. The van der Waals surface area contributed by atoms with Crippen LogP contribution in [0.1, 0.15) is 23.7 Å². The van der Waals surface area contributed by atoms with Gasteiger partial charge in [0, 0.05) is 22.2 Å². The lowest BCUT2D eigenvalue weighted by molar-refractivity contribution is 0.102. The first-order chi connectivity index (χ1) is 11.7. The topological polar surface area (TPSA) is 51.2 Å². The third-order valence-corrected chi connectivity index (χ3v) is 3.80. The number of hydrogen-bond donors (Lipinski definition) is 1. The zero-order valence-corrected chi connectivity index (χ0v) is 14.0. The van der Waals surface area contributed by atoms with Gasteiger partial charge >= 0.3 is 0 Å². The summed E-state index contributed by atoms with van der Waals surface area (Å²) in [5, 5.41) is 4.36. The molecule has 0 radical (unpaired) electrons. The Morgan fingerprint density at radius 2 is 1.96 bits per heavy atom. The standard InChI is InChI=1S/C19H17ClN2O2/c1-2-12-24-17-10-9-16(15-4-3-11-21-18(15)17)22-19(23)13-5-7-14(20)8-6-13/h3-11H,2,12H2,1H3,(H,22,23). The zero-order valence-electron chi connectivity index (χ0n) is 13.3. The number of pyridine rings is 1. The fraction of sp³-hybridized carbons (Fsp3) is 0.158. The van der Waals surface area contributed by atoms with Crippen LogP contribution in [0.4, 0.5) is 5.69 Å². The van der Waals surface area contributed by atoms with Crippen molar-refractivity contribution in [3.05, 3.63) is 65.3 Å². The van der Waals surface area contributed by atoms with Gasteiger partial charge in [0.1, 0.15) is 11.3 Å². The summed E-state index contributed by atoms with van der Waals surface area (Å²) in [5.74, 6) is 0.524. The van der Waals surface area contributed by atoms with Crippen molar-refractivity contribution in [2.24, 2.45) is 0 Å². The molecule has 2 aromatic carbocycles. The quantitative estimate of drug-likeness (QED) is 0.716. The zero-order chi connectivity index (χ0) is 16.9. The van der Waals surface area contributed by atoms with Gasteiger partial charge in [-0.15, -0.1) is 0 Å². The monoisotopic (exact) mass is 340 g/mol. The maximum absolute atomic E-state index is 12.4. The van der Waals surface area contributed by atoms with E-state index >= 15 is 0 Å². The molecule has 3 rings (SSSR count). The van der Waals surface area contributed by atoms with Crippen LogP contribution in [0.25, 0.3) is 10.9 Å². The van der Waals surface area contributed by atoms with Crippen molar-refractivity contribution < 1.29 is 9.53 Å². The van der Waals surface area contributed by atoms with E-state index in [1.54, 1.807) is 30.5 Å². The SMILES string of the molecule is CCCOc1ccc(NC(=O)c2ccc(Cl)cc2)c2cccnc12. The van der Waals surface area contributed by atoms with E-state index in [4.69, 9.17) is 16.3 Å². The molecule has 0 fully saturated rings. The Hall–Kier alpha value is -2.59. The lowest BCUT2D eigenvalue weighted by atomic mass is 10.1. The normalized spacial score (nSPS) is 10.6. The van der Waals surface area contributed by atoms with E-state index in [1.165, 1.54) is 0 Å². The van der Waals surface area contributed by atoms with Crippen LogP contribution in [0.3, 0.4) is 0 Å². The van der Waals surface area contributed by atoms with E-state index in [1.807, 2.05) is 24.3 Å². The summed E-state index contributed by atoms with van der Waals surface area (Å²) >= 11 is 5.86. The fourth-order valence-corrected chi connectivity index (χ4v) is 2.51. The van der Waals surface area contributed by atoms with Gasteiger partial charge in [0.15, 0.2) is 0 Å². The average Bonchev–Trinajstić information content (AvgIpc) is 2.61. The molecule has 1 aromatic heterocycles. The van der Waals surface area contributed by atoms with Crippen LogP contribution < -0.4 is 10.1 Å². The predicted molar refractivity (Wildman–Crippen MR) is 96.9 cm³/mol. The van der Waals surface area contributed by atoms with Crippen molar-refractivity contribution in [3.63, 3.8) is 0 Å². The highest BCUT2D eigenvalue weighted by atomic mass is 35.5. The molecule has 24 heavy (non-hydrogen) atoms. The average molecular weight is 341 g/mol. The molecule has 0 aliphatic carbocycles. The number of nitrogens with zero attached hydrogens (tertiary/aromatic N) is 1. The minimum atomic E-state index is -0.195. The Kier molecular flexibility index (Phi) is 4.96. The second-order valence-corrected chi connectivity index (χ2v) is 5.76. The molecule has 3 aromatic rings. The van der Waals surface area contributed by atoms with Crippen LogP contribution in [0.2, 0.25) is 5.02 Å². The maximum atomic E-state index is 12.4. The van der Waals surface area contributed by atoms with Crippen LogP contribution in [0, 0.1) is 0 Å². The van der Waals surface area contributed by atoms with Crippen LogP contribution in [-0.4, -0.2) is 17.5 Å². The number of anilines is 1. The number of nitrogens with one attached hydrogen (secondary N) is 1. The van der Waals surface area contributed by atoms with Gasteiger partial charge in [-0.05, 0) is 55.0 Å². The molecular formula is C19H17ClN2O2. The molecule has 0 spiro atoms. The lowest BCUT2D eigenvalue weighted by Gasteiger charge is -2.12. The number of hydrogen-bond acceptors (Lipinski definition) is 3. The van der Waals surface area contributed by atoms with Gasteiger partial charge in [-0.1, -0.05) is 18.5 Å². The number of carbonyl (C=O) groups excluding carboxylic acids is 1. The molecular weight excluding hydrogens is 324 g/mol. The van der Waals surface area contributed by atoms with Crippen LogP contribution in [-0.2, 0) is 0 Å². The van der Waals surface area contributed by atoms with Gasteiger partial charge in [0.2, 0.25) is 0 Å². The third kappa shape index (κ3) is 3.49. The van der Waals surface area contributed by atoms with Gasteiger partial charge in [-0.25, -0.2) is 0 Å². The van der Waals surface area contributed by atoms with E-state index < -0.39 is 0 Å². The number of halogens is 1. The number of benzene rings is 2. The molecule has 0 saturated heterocycles. The molecule has 0 aliphatic rings. The second-order valence-electron chi connectivity index (χ2n) is 5.32. The summed E-state index contributed by atoms with van der Waals surface area (Å²) in [6.07, 6.45) is 2.63.